The Balaban J connectivity index is 1.79. The van der Waals surface area contributed by atoms with Gasteiger partial charge in [0.1, 0.15) is 22.6 Å². The molecule has 6 rings (SSSR count). The molecule has 0 aliphatic carbocycles. The number of aromatic hydroxyl groups is 2. The van der Waals surface area contributed by atoms with Crippen molar-refractivity contribution in [3.8, 4) is 44.9 Å². The Morgan fingerprint density at radius 2 is 0.660 bits per heavy atom. The minimum atomic E-state index is -5.92. The summed E-state index contributed by atoms with van der Waals surface area (Å²) in [4.78, 5) is 0. The molecule has 0 fully saturated rings. The van der Waals surface area contributed by atoms with Gasteiger partial charge in [-0.1, -0.05) is 48.5 Å². The SMILES string of the molecule is Oc1c(-c2c(F)c(F)c(C(F)(F)F)c(F)c2F)cc2ccccc2c1-c1c(O)c(-c2c(F)c(F)c(C(F)(F)F)c(F)c2F)cc2ccccc12. The Labute approximate surface area is 269 Å². The van der Waals surface area contributed by atoms with Gasteiger partial charge in [0.2, 0.25) is 0 Å². The van der Waals surface area contributed by atoms with Crippen molar-refractivity contribution in [1.29, 1.82) is 0 Å². The fraction of sp³-hybridized carbons (Fsp3) is 0.0588. The van der Waals surface area contributed by atoms with Crippen molar-refractivity contribution in [3.05, 3.63) is 118 Å². The number of rotatable bonds is 3. The molecule has 258 valence electrons. The second-order valence-electron chi connectivity index (χ2n) is 10.7. The molecule has 2 nitrogen and oxygen atoms in total. The Morgan fingerprint density at radius 1 is 0.380 bits per heavy atom. The zero-order chi connectivity index (χ0) is 36.8. The first-order valence-corrected chi connectivity index (χ1v) is 13.7. The molecule has 50 heavy (non-hydrogen) atoms. The summed E-state index contributed by atoms with van der Waals surface area (Å²) in [6.45, 7) is 0. The lowest BCUT2D eigenvalue weighted by atomic mass is 9.86. The van der Waals surface area contributed by atoms with Crippen LogP contribution in [-0.4, -0.2) is 10.2 Å². The molecule has 0 atom stereocenters. The molecular formula is C34H12F14O2. The Kier molecular flexibility index (Phi) is 7.91. The molecule has 0 unspecified atom stereocenters. The zero-order valence-corrected chi connectivity index (χ0v) is 24.0. The monoisotopic (exact) mass is 718 g/mol. The summed E-state index contributed by atoms with van der Waals surface area (Å²) < 4.78 is 199. The van der Waals surface area contributed by atoms with Gasteiger partial charge in [-0.3, -0.25) is 0 Å². The normalized spacial score (nSPS) is 12.4. The van der Waals surface area contributed by atoms with Crippen LogP contribution in [0.3, 0.4) is 0 Å². The Hall–Kier alpha value is -5.54. The second kappa shape index (κ2) is 11.5. The molecule has 0 saturated heterocycles. The van der Waals surface area contributed by atoms with E-state index in [9.17, 15) is 54.1 Å². The molecule has 0 bridgehead atoms. The predicted octanol–water partition coefficient (Wildman–Crippen LogP) is 11.6. The smallest absolute Gasteiger partial charge is 0.422 e. The Morgan fingerprint density at radius 3 is 0.940 bits per heavy atom. The highest BCUT2D eigenvalue weighted by molar-refractivity contribution is 6.14. The van der Waals surface area contributed by atoms with Gasteiger partial charge >= 0.3 is 12.4 Å². The van der Waals surface area contributed by atoms with E-state index in [1.807, 2.05) is 0 Å². The number of fused-ring (bicyclic) bond motifs is 2. The summed E-state index contributed by atoms with van der Waals surface area (Å²) >= 11 is 0. The fourth-order valence-electron chi connectivity index (χ4n) is 5.79. The van der Waals surface area contributed by atoms with Gasteiger partial charge in [0.25, 0.3) is 0 Å². The molecule has 0 saturated carbocycles. The lowest BCUT2D eigenvalue weighted by molar-refractivity contribution is -0.144. The summed E-state index contributed by atoms with van der Waals surface area (Å²) in [6, 6.07) is 11.3. The van der Waals surface area contributed by atoms with Crippen LogP contribution in [0, 0.1) is 46.5 Å². The summed E-state index contributed by atoms with van der Waals surface area (Å²) in [7, 11) is 0. The van der Waals surface area contributed by atoms with E-state index in [1.165, 1.54) is 48.5 Å². The van der Waals surface area contributed by atoms with Crippen LogP contribution in [0.2, 0.25) is 0 Å². The van der Waals surface area contributed by atoms with Crippen LogP contribution in [0.25, 0.3) is 54.9 Å². The third kappa shape index (κ3) is 5.03. The maximum absolute atomic E-state index is 15.3. The minimum Gasteiger partial charge on any atom is -0.507 e. The molecule has 0 amide bonds. The molecule has 16 heteroatoms. The van der Waals surface area contributed by atoms with E-state index in [4.69, 9.17) is 0 Å². The first kappa shape index (κ1) is 34.3. The summed E-state index contributed by atoms with van der Waals surface area (Å²) in [5, 5.41) is 22.3. The van der Waals surface area contributed by atoms with Crippen LogP contribution in [-0.2, 0) is 12.4 Å². The van der Waals surface area contributed by atoms with E-state index in [0.29, 0.717) is 12.1 Å². The average molecular weight is 718 g/mol. The highest BCUT2D eigenvalue weighted by Gasteiger charge is 2.44. The number of halogens is 14. The minimum absolute atomic E-state index is 0.173. The maximum atomic E-state index is 15.3. The van der Waals surface area contributed by atoms with E-state index in [-0.39, 0.29) is 21.5 Å². The lowest BCUT2D eigenvalue weighted by Crippen LogP contribution is -2.16. The van der Waals surface area contributed by atoms with Crippen LogP contribution in [0.5, 0.6) is 11.5 Å². The molecule has 6 aromatic rings. The highest BCUT2D eigenvalue weighted by atomic mass is 19.4. The van der Waals surface area contributed by atoms with E-state index >= 15 is 17.6 Å². The number of benzene rings is 6. The molecule has 6 aromatic carbocycles. The molecule has 0 aromatic heterocycles. The highest BCUT2D eigenvalue weighted by Crippen LogP contribution is 2.53. The van der Waals surface area contributed by atoms with Gasteiger partial charge in [-0.25, -0.2) is 35.1 Å². The van der Waals surface area contributed by atoms with Crippen LogP contribution in [0.15, 0.2) is 60.7 Å². The van der Waals surface area contributed by atoms with E-state index in [2.05, 4.69) is 0 Å². The van der Waals surface area contributed by atoms with E-state index in [0.717, 1.165) is 0 Å². The third-order valence-electron chi connectivity index (χ3n) is 7.93. The number of hydrogen-bond acceptors (Lipinski definition) is 2. The lowest BCUT2D eigenvalue weighted by Gasteiger charge is -2.21. The van der Waals surface area contributed by atoms with Crippen molar-refractivity contribution in [2.45, 2.75) is 12.4 Å². The van der Waals surface area contributed by atoms with Crippen molar-refractivity contribution < 1.29 is 71.7 Å². The van der Waals surface area contributed by atoms with Gasteiger partial charge < -0.3 is 10.2 Å². The topological polar surface area (TPSA) is 40.5 Å². The number of alkyl halides is 6. The fourth-order valence-corrected chi connectivity index (χ4v) is 5.79. The molecule has 0 heterocycles. The second-order valence-corrected chi connectivity index (χ2v) is 10.7. The number of phenols is 2. The summed E-state index contributed by atoms with van der Waals surface area (Å²) in [6.07, 6.45) is -11.8. The van der Waals surface area contributed by atoms with Gasteiger partial charge in [-0.15, -0.1) is 0 Å². The van der Waals surface area contributed by atoms with Crippen molar-refractivity contribution in [3.63, 3.8) is 0 Å². The predicted molar refractivity (Wildman–Crippen MR) is 151 cm³/mol. The van der Waals surface area contributed by atoms with Crippen LogP contribution in [0.1, 0.15) is 11.1 Å². The van der Waals surface area contributed by atoms with Crippen LogP contribution < -0.4 is 0 Å². The standard InChI is InChI=1S/C34H12F14O2/c35-23-19(24(36)28(40)21(27(23)39)33(43,44)45)15-9-11-5-1-3-7-13(11)17(31(15)49)18-14-8-4-2-6-12(14)10-16(32(18)50)20-25(37)29(41)22(34(46,47)48)30(42)26(20)38/h1-10,49-50H. The first-order chi connectivity index (χ1) is 23.3. The van der Waals surface area contributed by atoms with Gasteiger partial charge in [0.05, 0.1) is 11.1 Å². The van der Waals surface area contributed by atoms with Crippen molar-refractivity contribution in [1.82, 2.24) is 0 Å². The maximum Gasteiger partial charge on any atom is 0.422 e. The average Bonchev–Trinajstić information content (AvgIpc) is 3.03. The van der Waals surface area contributed by atoms with Gasteiger partial charge in [-0.05, 0) is 33.7 Å². The van der Waals surface area contributed by atoms with Crippen molar-refractivity contribution in [2.75, 3.05) is 0 Å². The zero-order valence-electron chi connectivity index (χ0n) is 24.0. The van der Waals surface area contributed by atoms with Crippen LogP contribution in [0.4, 0.5) is 61.5 Å². The molecular weight excluding hydrogens is 706 g/mol. The molecule has 0 aliphatic rings. The summed E-state index contributed by atoms with van der Waals surface area (Å²) in [5.41, 5.74) is -13.4. The Bertz CT molecular complexity index is 2190. The van der Waals surface area contributed by atoms with Gasteiger partial charge in [-0.2, -0.15) is 26.3 Å². The quantitative estimate of drug-likeness (QED) is 0.141. The molecule has 0 radical (unpaired) electrons. The van der Waals surface area contributed by atoms with Gasteiger partial charge in [0, 0.05) is 22.3 Å². The molecule has 0 spiro atoms. The van der Waals surface area contributed by atoms with Crippen molar-refractivity contribution >= 4 is 21.5 Å². The van der Waals surface area contributed by atoms with Crippen LogP contribution >= 0.6 is 0 Å². The molecule has 2 N–H and O–H groups in total. The number of phenolic OH excluding ortho intramolecular Hbond substituents is 2. The van der Waals surface area contributed by atoms with E-state index < -0.39 is 115 Å². The van der Waals surface area contributed by atoms with Crippen molar-refractivity contribution in [2.24, 2.45) is 0 Å². The molecule has 0 aliphatic heterocycles. The summed E-state index contributed by atoms with van der Waals surface area (Å²) in [5.74, 6) is -24.7. The number of hydrogen-bond donors (Lipinski definition) is 2. The van der Waals surface area contributed by atoms with E-state index in [1.54, 1.807) is 0 Å². The first-order valence-electron chi connectivity index (χ1n) is 13.7. The third-order valence-corrected chi connectivity index (χ3v) is 7.93. The van der Waals surface area contributed by atoms with Gasteiger partial charge in [0.15, 0.2) is 46.5 Å². The largest absolute Gasteiger partial charge is 0.507 e.